The summed E-state index contributed by atoms with van der Waals surface area (Å²) in [4.78, 5) is 3.94. The molecule has 3 heteroatoms. The van der Waals surface area contributed by atoms with E-state index in [-0.39, 0.29) is 6.17 Å². The van der Waals surface area contributed by atoms with E-state index in [4.69, 9.17) is 0 Å². The summed E-state index contributed by atoms with van der Waals surface area (Å²) in [5.41, 5.74) is 0. The molecule has 0 aromatic carbocycles. The normalized spacial score (nSPS) is 27.8. The highest BCUT2D eigenvalue weighted by atomic mass is 16.3. The van der Waals surface area contributed by atoms with Gasteiger partial charge in [0, 0.05) is 19.4 Å². The SMILES string of the molecule is CC(O)N1C=CN(C)C1C. The highest BCUT2D eigenvalue weighted by Gasteiger charge is 2.21. The Morgan fingerprint density at radius 2 is 2.10 bits per heavy atom. The maximum Gasteiger partial charge on any atom is 0.125 e. The van der Waals surface area contributed by atoms with E-state index in [2.05, 4.69) is 0 Å². The van der Waals surface area contributed by atoms with Crippen LogP contribution < -0.4 is 0 Å². The van der Waals surface area contributed by atoms with E-state index in [0.717, 1.165) is 0 Å². The zero-order valence-corrected chi connectivity index (χ0v) is 6.65. The lowest BCUT2D eigenvalue weighted by Crippen LogP contribution is -2.38. The fourth-order valence-electron chi connectivity index (χ4n) is 1.08. The summed E-state index contributed by atoms with van der Waals surface area (Å²) in [5, 5.41) is 9.19. The summed E-state index contributed by atoms with van der Waals surface area (Å²) in [6, 6.07) is 0. The summed E-state index contributed by atoms with van der Waals surface area (Å²) in [5.74, 6) is 0. The molecule has 1 N–H and O–H groups in total. The van der Waals surface area contributed by atoms with Crippen molar-refractivity contribution in [3.8, 4) is 0 Å². The minimum Gasteiger partial charge on any atom is -0.374 e. The van der Waals surface area contributed by atoms with Crippen LogP contribution in [0, 0.1) is 0 Å². The Kier molecular flexibility index (Phi) is 1.85. The predicted octanol–water partition coefficient (Wildman–Crippen LogP) is 0.389. The van der Waals surface area contributed by atoms with Crippen molar-refractivity contribution in [3.63, 3.8) is 0 Å². The molecule has 10 heavy (non-hydrogen) atoms. The molecule has 1 heterocycles. The fraction of sp³-hybridized carbons (Fsp3) is 0.714. The van der Waals surface area contributed by atoms with Gasteiger partial charge in [-0.05, 0) is 13.8 Å². The maximum atomic E-state index is 9.19. The number of nitrogens with zero attached hydrogens (tertiary/aromatic N) is 2. The summed E-state index contributed by atoms with van der Waals surface area (Å²) >= 11 is 0. The van der Waals surface area contributed by atoms with Crippen molar-refractivity contribution in [2.45, 2.75) is 26.2 Å². The highest BCUT2D eigenvalue weighted by Crippen LogP contribution is 2.14. The van der Waals surface area contributed by atoms with Crippen LogP contribution >= 0.6 is 0 Å². The zero-order valence-electron chi connectivity index (χ0n) is 6.65. The molecule has 58 valence electrons. The summed E-state index contributed by atoms with van der Waals surface area (Å²) in [6.45, 7) is 3.81. The van der Waals surface area contributed by atoms with Crippen LogP contribution in [0.25, 0.3) is 0 Å². The molecule has 2 unspecified atom stereocenters. The van der Waals surface area contributed by atoms with E-state index >= 15 is 0 Å². The minimum atomic E-state index is -0.392. The van der Waals surface area contributed by atoms with Gasteiger partial charge in [-0.15, -0.1) is 0 Å². The van der Waals surface area contributed by atoms with Gasteiger partial charge in [0.1, 0.15) is 6.23 Å². The molecule has 0 radical (unpaired) electrons. The largest absolute Gasteiger partial charge is 0.374 e. The Morgan fingerprint density at radius 3 is 2.30 bits per heavy atom. The molecule has 1 aliphatic rings. The minimum absolute atomic E-state index is 0.278. The third-order valence-electron chi connectivity index (χ3n) is 1.93. The van der Waals surface area contributed by atoms with E-state index in [0.29, 0.717) is 0 Å². The molecule has 2 atom stereocenters. The van der Waals surface area contributed by atoms with Gasteiger partial charge in [0.15, 0.2) is 0 Å². The van der Waals surface area contributed by atoms with Gasteiger partial charge >= 0.3 is 0 Å². The van der Waals surface area contributed by atoms with Crippen LogP contribution in [0.2, 0.25) is 0 Å². The first kappa shape index (κ1) is 7.41. The molecule has 0 saturated carbocycles. The number of aliphatic hydroxyl groups excluding tert-OH is 1. The Morgan fingerprint density at radius 1 is 1.50 bits per heavy atom. The van der Waals surface area contributed by atoms with Crippen LogP contribution in [0.4, 0.5) is 0 Å². The lowest BCUT2D eigenvalue weighted by molar-refractivity contribution is 0.0104. The second-order valence-corrected chi connectivity index (χ2v) is 2.67. The summed E-state index contributed by atoms with van der Waals surface area (Å²) in [6.07, 6.45) is 3.74. The Labute approximate surface area is 61.5 Å². The van der Waals surface area contributed by atoms with Crippen molar-refractivity contribution in [1.82, 2.24) is 9.80 Å². The van der Waals surface area contributed by atoms with E-state index in [9.17, 15) is 5.11 Å². The van der Waals surface area contributed by atoms with Gasteiger partial charge in [-0.3, -0.25) is 0 Å². The molecule has 0 aromatic heterocycles. The van der Waals surface area contributed by atoms with Gasteiger partial charge in [-0.2, -0.15) is 0 Å². The molecule has 3 nitrogen and oxygen atoms in total. The molecule has 0 spiro atoms. The molecular weight excluding hydrogens is 128 g/mol. The van der Waals surface area contributed by atoms with E-state index in [1.807, 2.05) is 36.2 Å². The summed E-state index contributed by atoms with van der Waals surface area (Å²) in [7, 11) is 1.99. The van der Waals surface area contributed by atoms with Crippen LogP contribution in [0.15, 0.2) is 12.4 Å². The van der Waals surface area contributed by atoms with Crippen LogP contribution in [0.1, 0.15) is 13.8 Å². The smallest absolute Gasteiger partial charge is 0.125 e. The highest BCUT2D eigenvalue weighted by molar-refractivity contribution is 4.93. The van der Waals surface area contributed by atoms with Crippen molar-refractivity contribution in [2.75, 3.05) is 7.05 Å². The van der Waals surface area contributed by atoms with Gasteiger partial charge < -0.3 is 14.9 Å². The number of aliphatic hydroxyl groups is 1. The van der Waals surface area contributed by atoms with E-state index < -0.39 is 6.23 Å². The monoisotopic (exact) mass is 142 g/mol. The van der Waals surface area contributed by atoms with Gasteiger partial charge in [-0.1, -0.05) is 0 Å². The molecule has 0 aromatic rings. The first-order valence-corrected chi connectivity index (χ1v) is 3.48. The van der Waals surface area contributed by atoms with Crippen LogP contribution in [-0.2, 0) is 0 Å². The van der Waals surface area contributed by atoms with Crippen molar-refractivity contribution >= 4 is 0 Å². The van der Waals surface area contributed by atoms with Crippen molar-refractivity contribution in [1.29, 1.82) is 0 Å². The third kappa shape index (κ3) is 1.09. The lowest BCUT2D eigenvalue weighted by Gasteiger charge is -2.29. The molecule has 0 saturated heterocycles. The Bertz CT molecular complexity index is 145. The van der Waals surface area contributed by atoms with E-state index in [1.54, 1.807) is 6.92 Å². The molecular formula is C7H14N2O. The van der Waals surface area contributed by atoms with Crippen LogP contribution in [0.5, 0.6) is 0 Å². The molecule has 1 rings (SSSR count). The molecule has 1 aliphatic heterocycles. The van der Waals surface area contributed by atoms with Crippen molar-refractivity contribution in [3.05, 3.63) is 12.4 Å². The first-order chi connectivity index (χ1) is 4.63. The fourth-order valence-corrected chi connectivity index (χ4v) is 1.08. The average molecular weight is 142 g/mol. The van der Waals surface area contributed by atoms with Gasteiger partial charge in [0.05, 0.1) is 6.17 Å². The van der Waals surface area contributed by atoms with Crippen LogP contribution in [-0.4, -0.2) is 34.3 Å². The summed E-state index contributed by atoms with van der Waals surface area (Å²) < 4.78 is 0. The Hall–Kier alpha value is -0.700. The number of hydrogen-bond acceptors (Lipinski definition) is 3. The number of hydrogen-bond donors (Lipinski definition) is 1. The molecule has 0 aliphatic carbocycles. The molecule has 0 fully saturated rings. The molecule has 0 bridgehead atoms. The van der Waals surface area contributed by atoms with Crippen LogP contribution in [0.3, 0.4) is 0 Å². The van der Waals surface area contributed by atoms with Crippen molar-refractivity contribution < 1.29 is 5.11 Å². The predicted molar refractivity (Wildman–Crippen MR) is 39.9 cm³/mol. The van der Waals surface area contributed by atoms with Crippen molar-refractivity contribution in [2.24, 2.45) is 0 Å². The zero-order chi connectivity index (χ0) is 7.72. The number of rotatable bonds is 1. The van der Waals surface area contributed by atoms with E-state index in [1.165, 1.54) is 0 Å². The Balaban J connectivity index is 2.58. The topological polar surface area (TPSA) is 26.7 Å². The second-order valence-electron chi connectivity index (χ2n) is 2.67. The quantitative estimate of drug-likeness (QED) is 0.573. The maximum absolute atomic E-state index is 9.19. The molecule has 0 amide bonds. The standard InChI is InChI=1S/C7H14N2O/c1-6-8(3)4-5-9(6)7(2)10/h4-7,10H,1-3H3. The third-order valence-corrected chi connectivity index (χ3v) is 1.93. The first-order valence-electron chi connectivity index (χ1n) is 3.48. The van der Waals surface area contributed by atoms with Gasteiger partial charge in [-0.25, -0.2) is 0 Å². The average Bonchev–Trinajstić information content (AvgIpc) is 2.14. The van der Waals surface area contributed by atoms with Gasteiger partial charge in [0.25, 0.3) is 0 Å². The second kappa shape index (κ2) is 2.50. The lowest BCUT2D eigenvalue weighted by atomic mass is 10.4. The van der Waals surface area contributed by atoms with Gasteiger partial charge in [0.2, 0.25) is 0 Å².